The molecule has 2 heterocycles. The highest BCUT2D eigenvalue weighted by atomic mass is 32.2. The predicted octanol–water partition coefficient (Wildman–Crippen LogP) is 1.81. The van der Waals surface area contributed by atoms with E-state index in [4.69, 9.17) is 5.73 Å². The third-order valence-electron chi connectivity index (χ3n) is 6.58. The molecule has 138 valence electrons. The Balaban J connectivity index is 1.69. The molecule has 6 heteroatoms. The normalized spacial score (nSPS) is 37.5. The fourth-order valence-corrected chi connectivity index (χ4v) is 7.07. The van der Waals surface area contributed by atoms with Gasteiger partial charge in [-0.1, -0.05) is 20.8 Å². The van der Waals surface area contributed by atoms with E-state index in [0.29, 0.717) is 31.8 Å². The van der Waals surface area contributed by atoms with Crippen LogP contribution in [0.15, 0.2) is 0 Å². The van der Waals surface area contributed by atoms with Crippen LogP contribution in [0.4, 0.5) is 0 Å². The smallest absolute Gasteiger partial charge is 0.225 e. The van der Waals surface area contributed by atoms with E-state index in [1.807, 2.05) is 4.90 Å². The van der Waals surface area contributed by atoms with Crippen molar-refractivity contribution in [3.63, 3.8) is 0 Å². The molecule has 0 bridgehead atoms. The highest BCUT2D eigenvalue weighted by Crippen LogP contribution is 2.45. The van der Waals surface area contributed by atoms with Crippen LogP contribution in [0.5, 0.6) is 0 Å². The minimum Gasteiger partial charge on any atom is -0.340 e. The number of carbonyl (C=O) groups is 1. The van der Waals surface area contributed by atoms with E-state index in [0.717, 1.165) is 12.8 Å². The Morgan fingerprint density at radius 1 is 1.17 bits per heavy atom. The Morgan fingerprint density at radius 3 is 2.38 bits per heavy atom. The zero-order chi connectivity index (χ0) is 17.8. The molecule has 3 rings (SSSR count). The highest BCUT2D eigenvalue weighted by molar-refractivity contribution is 7.91. The van der Waals surface area contributed by atoms with E-state index >= 15 is 0 Å². The average Bonchev–Trinajstić information content (AvgIpc) is 2.77. The second-order valence-corrected chi connectivity index (χ2v) is 11.8. The van der Waals surface area contributed by atoms with Gasteiger partial charge in [0.25, 0.3) is 0 Å². The second kappa shape index (κ2) is 5.97. The molecular weight excluding hydrogens is 324 g/mol. The van der Waals surface area contributed by atoms with Crippen molar-refractivity contribution in [2.45, 2.75) is 58.9 Å². The van der Waals surface area contributed by atoms with Crippen molar-refractivity contribution in [3.05, 3.63) is 0 Å². The Bertz CT molecular complexity index is 600. The molecule has 1 spiro atoms. The van der Waals surface area contributed by atoms with Gasteiger partial charge in [0.2, 0.25) is 5.91 Å². The van der Waals surface area contributed by atoms with Crippen LogP contribution in [0.3, 0.4) is 0 Å². The molecule has 2 saturated heterocycles. The van der Waals surface area contributed by atoms with E-state index in [1.54, 1.807) is 0 Å². The van der Waals surface area contributed by atoms with Crippen molar-refractivity contribution < 1.29 is 13.2 Å². The van der Waals surface area contributed by atoms with Gasteiger partial charge in [0.05, 0.1) is 11.5 Å². The van der Waals surface area contributed by atoms with Gasteiger partial charge in [-0.15, -0.1) is 0 Å². The van der Waals surface area contributed by atoms with Gasteiger partial charge >= 0.3 is 0 Å². The number of carbonyl (C=O) groups excluding carboxylic acids is 1. The summed E-state index contributed by atoms with van der Waals surface area (Å²) in [5.74, 6) is 1.36. The van der Waals surface area contributed by atoms with Crippen molar-refractivity contribution >= 4 is 15.7 Å². The maximum Gasteiger partial charge on any atom is 0.225 e. The van der Waals surface area contributed by atoms with Crippen LogP contribution < -0.4 is 5.73 Å². The Hall–Kier alpha value is -0.620. The predicted molar refractivity (Wildman–Crippen MR) is 95.2 cm³/mol. The number of likely N-dealkylation sites (tertiary alicyclic amines) is 1. The van der Waals surface area contributed by atoms with Crippen LogP contribution in [0.1, 0.15) is 52.9 Å². The van der Waals surface area contributed by atoms with Gasteiger partial charge in [0, 0.05) is 30.5 Å². The molecule has 2 N–H and O–H groups in total. The molecule has 0 aromatic carbocycles. The average molecular weight is 357 g/mol. The van der Waals surface area contributed by atoms with Crippen molar-refractivity contribution in [3.8, 4) is 0 Å². The summed E-state index contributed by atoms with van der Waals surface area (Å²) in [6, 6.07) is -0.0917. The standard InChI is InChI=1S/C18H32N2O3S/c1-13-8-14(10-17(2,3)9-13)16(21)20-11-15(19)18(12-20)4-6-24(22,23)7-5-18/h13-15H,4-12,19H2,1-3H3/t13-,14+,15?/m1/s1. The first-order valence-corrected chi connectivity index (χ1v) is 11.1. The van der Waals surface area contributed by atoms with Crippen LogP contribution in [0, 0.1) is 22.7 Å². The van der Waals surface area contributed by atoms with E-state index in [9.17, 15) is 13.2 Å². The van der Waals surface area contributed by atoms with Gasteiger partial charge < -0.3 is 10.6 Å². The number of nitrogens with two attached hydrogens (primary N) is 1. The largest absolute Gasteiger partial charge is 0.340 e. The number of nitrogens with zero attached hydrogens (tertiary/aromatic N) is 1. The Kier molecular flexibility index (Phi) is 4.53. The van der Waals surface area contributed by atoms with Gasteiger partial charge in [-0.3, -0.25) is 4.79 Å². The monoisotopic (exact) mass is 356 g/mol. The van der Waals surface area contributed by atoms with Crippen LogP contribution in [-0.2, 0) is 14.6 Å². The van der Waals surface area contributed by atoms with Gasteiger partial charge in [-0.05, 0) is 43.4 Å². The van der Waals surface area contributed by atoms with Crippen molar-refractivity contribution in [2.24, 2.45) is 28.4 Å². The first-order chi connectivity index (χ1) is 11.0. The molecule has 1 aliphatic carbocycles. The first kappa shape index (κ1) is 18.2. The maximum atomic E-state index is 13.1. The number of hydrogen-bond acceptors (Lipinski definition) is 4. The molecule has 0 aromatic rings. The minimum absolute atomic E-state index is 0.0917. The van der Waals surface area contributed by atoms with E-state index in [-0.39, 0.29) is 40.2 Å². The highest BCUT2D eigenvalue weighted by Gasteiger charge is 2.50. The zero-order valence-corrected chi connectivity index (χ0v) is 16.1. The number of rotatable bonds is 1. The molecule has 24 heavy (non-hydrogen) atoms. The van der Waals surface area contributed by atoms with Crippen molar-refractivity contribution in [1.29, 1.82) is 0 Å². The molecule has 2 aliphatic heterocycles. The summed E-state index contributed by atoms with van der Waals surface area (Å²) in [6.07, 6.45) is 4.30. The number of amides is 1. The summed E-state index contributed by atoms with van der Waals surface area (Å²) >= 11 is 0. The third-order valence-corrected chi connectivity index (χ3v) is 8.23. The molecule has 0 aromatic heterocycles. The van der Waals surface area contributed by atoms with Crippen LogP contribution in [0.25, 0.3) is 0 Å². The molecular formula is C18H32N2O3S. The molecule has 3 aliphatic rings. The lowest BCUT2D eigenvalue weighted by molar-refractivity contribution is -0.138. The number of hydrogen-bond donors (Lipinski definition) is 1. The molecule has 0 radical (unpaired) electrons. The Labute approximate surface area is 146 Å². The Morgan fingerprint density at radius 2 is 1.79 bits per heavy atom. The molecule has 3 atom stereocenters. The lowest BCUT2D eigenvalue weighted by atomic mass is 9.67. The third kappa shape index (κ3) is 3.50. The van der Waals surface area contributed by atoms with Crippen molar-refractivity contribution in [1.82, 2.24) is 4.90 Å². The summed E-state index contributed by atoms with van der Waals surface area (Å²) in [5, 5.41) is 0. The molecule has 5 nitrogen and oxygen atoms in total. The quantitative estimate of drug-likeness (QED) is 0.777. The topological polar surface area (TPSA) is 80.5 Å². The SMILES string of the molecule is C[C@@H]1C[C@H](C(=O)N2CC(N)C3(CCS(=O)(=O)CC3)C2)CC(C)(C)C1. The van der Waals surface area contributed by atoms with E-state index in [1.165, 1.54) is 6.42 Å². The molecule has 1 saturated carbocycles. The van der Waals surface area contributed by atoms with Gasteiger partial charge in [-0.25, -0.2) is 8.42 Å². The van der Waals surface area contributed by atoms with Crippen molar-refractivity contribution in [2.75, 3.05) is 24.6 Å². The van der Waals surface area contributed by atoms with Gasteiger partial charge in [0.1, 0.15) is 9.84 Å². The minimum atomic E-state index is -2.91. The van der Waals surface area contributed by atoms with E-state index < -0.39 is 9.84 Å². The molecule has 1 unspecified atom stereocenters. The molecule has 1 amide bonds. The van der Waals surface area contributed by atoms with Gasteiger partial charge in [0.15, 0.2) is 0 Å². The zero-order valence-electron chi connectivity index (χ0n) is 15.3. The molecule has 3 fully saturated rings. The van der Waals surface area contributed by atoms with Crippen LogP contribution in [-0.4, -0.2) is 49.9 Å². The summed E-state index contributed by atoms with van der Waals surface area (Å²) in [5.41, 5.74) is 6.42. The van der Waals surface area contributed by atoms with E-state index in [2.05, 4.69) is 20.8 Å². The lowest BCUT2D eigenvalue weighted by Crippen LogP contribution is -2.46. The summed E-state index contributed by atoms with van der Waals surface area (Å²) in [7, 11) is -2.91. The number of sulfone groups is 1. The fourth-order valence-electron chi connectivity index (χ4n) is 5.43. The second-order valence-electron chi connectivity index (χ2n) is 9.45. The summed E-state index contributed by atoms with van der Waals surface area (Å²) in [4.78, 5) is 15.0. The lowest BCUT2D eigenvalue weighted by Gasteiger charge is -2.40. The fraction of sp³-hybridized carbons (Fsp3) is 0.944. The van der Waals surface area contributed by atoms with Gasteiger partial charge in [-0.2, -0.15) is 0 Å². The van der Waals surface area contributed by atoms with Crippen LogP contribution in [0.2, 0.25) is 0 Å². The van der Waals surface area contributed by atoms with Crippen LogP contribution >= 0.6 is 0 Å². The summed E-state index contributed by atoms with van der Waals surface area (Å²) < 4.78 is 23.5. The first-order valence-electron chi connectivity index (χ1n) is 9.27. The maximum absolute atomic E-state index is 13.1. The summed E-state index contributed by atoms with van der Waals surface area (Å²) in [6.45, 7) is 7.99.